The summed E-state index contributed by atoms with van der Waals surface area (Å²) in [4.78, 5) is 23.2. The summed E-state index contributed by atoms with van der Waals surface area (Å²) in [5.41, 5.74) is 4.71. The average molecular weight is 400 g/mol. The lowest BCUT2D eigenvalue weighted by molar-refractivity contribution is -0.137. The molecule has 1 aliphatic rings. The van der Waals surface area contributed by atoms with E-state index in [0.29, 0.717) is 6.42 Å². The summed E-state index contributed by atoms with van der Waals surface area (Å²) in [6.45, 7) is 0.258. The molecule has 0 aromatic heterocycles. The van der Waals surface area contributed by atoms with E-state index in [1.54, 1.807) is 11.8 Å². The Morgan fingerprint density at radius 3 is 2.25 bits per heavy atom. The third-order valence-corrected chi connectivity index (χ3v) is 5.69. The maximum absolute atomic E-state index is 12.4. The molecule has 3 rings (SSSR count). The summed E-state index contributed by atoms with van der Waals surface area (Å²) in [5.74, 6) is 0.0128. The number of thioether (sulfide) groups is 1. The molecule has 1 aliphatic carbocycles. The van der Waals surface area contributed by atoms with Crippen LogP contribution in [0.25, 0.3) is 11.1 Å². The van der Waals surface area contributed by atoms with Gasteiger partial charge in [0.05, 0.1) is 0 Å². The van der Waals surface area contributed by atoms with Gasteiger partial charge in [0.2, 0.25) is 0 Å². The van der Waals surface area contributed by atoms with Crippen molar-refractivity contribution in [3.8, 4) is 11.1 Å². The van der Waals surface area contributed by atoms with Crippen molar-refractivity contribution in [1.29, 1.82) is 0 Å². The second-order valence-electron chi connectivity index (χ2n) is 6.88. The van der Waals surface area contributed by atoms with Gasteiger partial charge >= 0.3 is 12.1 Å². The molecule has 0 aliphatic heterocycles. The highest BCUT2D eigenvalue weighted by Gasteiger charge is 2.29. The third-order valence-electron chi connectivity index (χ3n) is 5.04. The van der Waals surface area contributed by atoms with Crippen molar-refractivity contribution in [2.75, 3.05) is 18.6 Å². The number of hydrogen-bond donors (Lipinski definition) is 2. The molecule has 0 heterocycles. The first-order valence-electron chi connectivity index (χ1n) is 9.42. The number of carboxylic acid groups (broad SMARTS) is 1. The Bertz CT molecular complexity index is 793. The topological polar surface area (TPSA) is 75.6 Å². The van der Waals surface area contributed by atoms with Gasteiger partial charge in [-0.1, -0.05) is 48.5 Å². The maximum Gasteiger partial charge on any atom is 0.407 e. The van der Waals surface area contributed by atoms with Crippen molar-refractivity contribution in [1.82, 2.24) is 5.32 Å². The number of fused-ring (bicyclic) bond motifs is 3. The number of ether oxygens (including phenoxy) is 1. The molecule has 2 N–H and O–H groups in total. The van der Waals surface area contributed by atoms with E-state index in [9.17, 15) is 9.59 Å². The van der Waals surface area contributed by atoms with E-state index in [-0.39, 0.29) is 25.0 Å². The fourth-order valence-electron chi connectivity index (χ4n) is 3.65. The number of benzene rings is 2. The van der Waals surface area contributed by atoms with Gasteiger partial charge in [-0.25, -0.2) is 4.79 Å². The second kappa shape index (κ2) is 9.64. The minimum absolute atomic E-state index is 0.0156. The van der Waals surface area contributed by atoms with E-state index in [1.807, 2.05) is 30.5 Å². The van der Waals surface area contributed by atoms with Crippen LogP contribution < -0.4 is 5.32 Å². The Kier molecular flexibility index (Phi) is 6.98. The Labute approximate surface area is 169 Å². The molecule has 6 heteroatoms. The fraction of sp³-hybridized carbons (Fsp3) is 0.364. The van der Waals surface area contributed by atoms with Gasteiger partial charge in [-0.2, -0.15) is 11.8 Å². The number of carbonyl (C=O) groups excluding carboxylic acids is 1. The molecule has 2 aromatic rings. The van der Waals surface area contributed by atoms with Crippen LogP contribution in [-0.2, 0) is 9.53 Å². The van der Waals surface area contributed by atoms with E-state index in [0.717, 1.165) is 12.2 Å². The molecule has 0 spiro atoms. The number of rotatable bonds is 9. The molecule has 0 fully saturated rings. The molecule has 0 bridgehead atoms. The van der Waals surface area contributed by atoms with Gasteiger partial charge in [0.15, 0.2) is 0 Å². The molecule has 0 saturated heterocycles. The average Bonchev–Trinajstić information content (AvgIpc) is 3.02. The summed E-state index contributed by atoms with van der Waals surface area (Å²) in [6.07, 6.45) is 2.65. The second-order valence-corrected chi connectivity index (χ2v) is 7.87. The lowest BCUT2D eigenvalue weighted by Gasteiger charge is -2.19. The highest BCUT2D eigenvalue weighted by molar-refractivity contribution is 7.98. The molecule has 0 saturated carbocycles. The van der Waals surface area contributed by atoms with E-state index in [2.05, 4.69) is 29.6 Å². The predicted molar refractivity (Wildman–Crippen MR) is 112 cm³/mol. The van der Waals surface area contributed by atoms with Crippen LogP contribution in [0.2, 0.25) is 0 Å². The molecular formula is C22H25NO4S. The SMILES string of the molecule is CSCCC(CCC(=O)O)NC(=O)OCC1c2ccccc2-c2ccccc21. The molecule has 1 amide bonds. The van der Waals surface area contributed by atoms with Crippen molar-refractivity contribution < 1.29 is 19.4 Å². The van der Waals surface area contributed by atoms with E-state index < -0.39 is 12.1 Å². The van der Waals surface area contributed by atoms with Crippen LogP contribution in [0.4, 0.5) is 4.79 Å². The normalized spacial score (nSPS) is 13.5. The highest BCUT2D eigenvalue weighted by atomic mass is 32.2. The van der Waals surface area contributed by atoms with Gasteiger partial charge in [-0.15, -0.1) is 0 Å². The molecular weight excluding hydrogens is 374 g/mol. The highest BCUT2D eigenvalue weighted by Crippen LogP contribution is 2.44. The van der Waals surface area contributed by atoms with Crippen LogP contribution in [0.3, 0.4) is 0 Å². The minimum Gasteiger partial charge on any atom is -0.481 e. The number of carboxylic acids is 1. The third kappa shape index (κ3) is 4.87. The summed E-state index contributed by atoms with van der Waals surface area (Å²) < 4.78 is 5.55. The summed E-state index contributed by atoms with van der Waals surface area (Å²) in [5, 5.41) is 11.7. The van der Waals surface area contributed by atoms with Gasteiger partial charge < -0.3 is 15.2 Å². The van der Waals surface area contributed by atoms with E-state index in [1.165, 1.54) is 22.3 Å². The summed E-state index contributed by atoms with van der Waals surface area (Å²) in [7, 11) is 0. The fourth-order valence-corrected chi connectivity index (χ4v) is 4.17. The Hall–Kier alpha value is -2.47. The van der Waals surface area contributed by atoms with Gasteiger partial charge in [0.25, 0.3) is 0 Å². The first-order valence-corrected chi connectivity index (χ1v) is 10.8. The number of hydrogen-bond acceptors (Lipinski definition) is 4. The Morgan fingerprint density at radius 1 is 1.07 bits per heavy atom. The number of alkyl carbamates (subject to hydrolysis) is 1. The lowest BCUT2D eigenvalue weighted by atomic mass is 9.98. The van der Waals surface area contributed by atoms with Crippen molar-refractivity contribution in [2.45, 2.75) is 31.2 Å². The quantitative estimate of drug-likeness (QED) is 0.649. The van der Waals surface area contributed by atoms with Crippen molar-refractivity contribution in [3.05, 3.63) is 59.7 Å². The summed E-state index contributed by atoms with van der Waals surface area (Å²) in [6, 6.07) is 16.2. The standard InChI is InChI=1S/C22H25NO4S/c1-28-13-12-15(10-11-21(24)25)23-22(26)27-14-20-18-8-4-2-6-16(18)17-7-3-5-9-19(17)20/h2-9,15,20H,10-14H2,1H3,(H,23,26)(H,24,25). The maximum atomic E-state index is 12.4. The van der Waals surface area contributed by atoms with Gasteiger partial charge in [-0.3, -0.25) is 4.79 Å². The lowest BCUT2D eigenvalue weighted by Crippen LogP contribution is -2.36. The molecule has 1 unspecified atom stereocenters. The van der Waals surface area contributed by atoms with E-state index >= 15 is 0 Å². The van der Waals surface area contributed by atoms with Crippen LogP contribution in [0.5, 0.6) is 0 Å². The Morgan fingerprint density at radius 2 is 1.68 bits per heavy atom. The summed E-state index contributed by atoms with van der Waals surface area (Å²) >= 11 is 1.67. The number of amides is 1. The molecule has 148 valence electrons. The van der Waals surface area contributed by atoms with Crippen molar-refractivity contribution >= 4 is 23.8 Å². The van der Waals surface area contributed by atoms with Crippen LogP contribution >= 0.6 is 11.8 Å². The molecule has 1 atom stereocenters. The molecule has 2 aromatic carbocycles. The minimum atomic E-state index is -0.858. The first-order chi connectivity index (χ1) is 13.6. The smallest absolute Gasteiger partial charge is 0.407 e. The zero-order valence-corrected chi connectivity index (χ0v) is 16.7. The largest absolute Gasteiger partial charge is 0.481 e. The number of nitrogens with one attached hydrogen (secondary N) is 1. The van der Waals surface area contributed by atoms with Crippen LogP contribution in [-0.4, -0.2) is 41.8 Å². The number of carbonyl (C=O) groups is 2. The van der Waals surface area contributed by atoms with Crippen molar-refractivity contribution in [3.63, 3.8) is 0 Å². The monoisotopic (exact) mass is 399 g/mol. The molecule has 0 radical (unpaired) electrons. The van der Waals surface area contributed by atoms with E-state index in [4.69, 9.17) is 9.84 Å². The zero-order valence-electron chi connectivity index (χ0n) is 15.9. The van der Waals surface area contributed by atoms with Crippen LogP contribution in [0, 0.1) is 0 Å². The van der Waals surface area contributed by atoms with Crippen molar-refractivity contribution in [2.24, 2.45) is 0 Å². The molecule has 28 heavy (non-hydrogen) atoms. The zero-order chi connectivity index (χ0) is 19.9. The van der Waals surface area contributed by atoms with Gasteiger partial charge in [0, 0.05) is 18.4 Å². The van der Waals surface area contributed by atoms with Crippen LogP contribution in [0.1, 0.15) is 36.3 Å². The first kappa shape index (κ1) is 20.3. The predicted octanol–water partition coefficient (Wildman–Crippen LogP) is 4.51. The van der Waals surface area contributed by atoms with Crippen LogP contribution in [0.15, 0.2) is 48.5 Å². The Balaban J connectivity index is 1.63. The molecule has 5 nitrogen and oxygen atoms in total. The number of aliphatic carboxylic acids is 1. The van der Waals surface area contributed by atoms with Gasteiger partial charge in [-0.05, 0) is 47.1 Å². The van der Waals surface area contributed by atoms with Gasteiger partial charge in [0.1, 0.15) is 6.61 Å².